The van der Waals surface area contributed by atoms with Crippen LogP contribution in [0.1, 0.15) is 0 Å². The van der Waals surface area contributed by atoms with Gasteiger partial charge in [-0.25, -0.2) is 9.97 Å². The van der Waals surface area contributed by atoms with Gasteiger partial charge in [0, 0.05) is 43.9 Å². The molecule has 248 valence electrons. The normalized spacial score (nSPS) is 11.8. The predicted octanol–water partition coefficient (Wildman–Crippen LogP) is 11.7. The van der Waals surface area contributed by atoms with Crippen LogP contribution < -0.4 is 0 Å². The third kappa shape index (κ3) is 4.64. The van der Waals surface area contributed by atoms with Crippen LogP contribution in [-0.4, -0.2) is 29.1 Å². The summed E-state index contributed by atoms with van der Waals surface area (Å²) in [5.41, 5.74) is 8.20. The Morgan fingerprint density at radius 2 is 0.925 bits per heavy atom. The summed E-state index contributed by atoms with van der Waals surface area (Å²) in [6.07, 6.45) is 0. The van der Waals surface area contributed by atoms with Crippen LogP contribution in [0.5, 0.6) is 0 Å². The van der Waals surface area contributed by atoms with Gasteiger partial charge in [0.2, 0.25) is 5.95 Å². The van der Waals surface area contributed by atoms with E-state index in [0.29, 0.717) is 17.6 Å². The Labute approximate surface area is 307 Å². The molecule has 0 saturated carbocycles. The molecule has 0 spiro atoms. The van der Waals surface area contributed by atoms with Crippen molar-refractivity contribution in [2.24, 2.45) is 0 Å². The summed E-state index contributed by atoms with van der Waals surface area (Å²) in [7, 11) is 0. The molecule has 0 unspecified atom stereocenters. The van der Waals surface area contributed by atoms with E-state index in [9.17, 15) is 0 Å². The molecule has 0 bridgehead atoms. The smallest absolute Gasteiger partial charge is 0.238 e. The topological polar surface area (TPSA) is 61.4 Å². The highest BCUT2D eigenvalue weighted by Crippen LogP contribution is 2.45. The molecule has 0 aliphatic carbocycles. The van der Waals surface area contributed by atoms with Gasteiger partial charge in [0.15, 0.2) is 11.6 Å². The van der Waals surface area contributed by atoms with Gasteiger partial charge in [-0.05, 0) is 24.3 Å². The van der Waals surface area contributed by atoms with Crippen molar-refractivity contribution in [1.29, 1.82) is 0 Å². The van der Waals surface area contributed by atoms with Gasteiger partial charge in [0.05, 0.1) is 25.9 Å². The molecule has 11 aromatic rings. The Kier molecular flexibility index (Phi) is 6.62. The van der Waals surface area contributed by atoms with Gasteiger partial charge in [0.1, 0.15) is 11.3 Å². The molecular formula is C46H28N6S. The summed E-state index contributed by atoms with van der Waals surface area (Å²) < 4.78 is 6.83. The number of fused-ring (bicyclic) bond motifs is 9. The first-order valence-corrected chi connectivity index (χ1v) is 18.4. The summed E-state index contributed by atoms with van der Waals surface area (Å²) in [6, 6.07) is 58.8. The van der Waals surface area contributed by atoms with E-state index in [0.717, 1.165) is 65.7 Å². The second-order valence-corrected chi connectivity index (χ2v) is 14.1. The lowest BCUT2D eigenvalue weighted by Gasteiger charge is -2.11. The van der Waals surface area contributed by atoms with Gasteiger partial charge < -0.3 is 0 Å². The number of aromatic nitrogens is 6. The maximum Gasteiger partial charge on any atom is 0.238 e. The van der Waals surface area contributed by atoms with Gasteiger partial charge in [-0.2, -0.15) is 9.97 Å². The largest absolute Gasteiger partial charge is 0.292 e. The summed E-state index contributed by atoms with van der Waals surface area (Å²) in [5.74, 6) is 2.76. The molecule has 0 fully saturated rings. The number of hydrogen-bond donors (Lipinski definition) is 0. The van der Waals surface area contributed by atoms with Crippen LogP contribution >= 0.6 is 11.3 Å². The highest BCUT2D eigenvalue weighted by Gasteiger charge is 2.23. The summed E-state index contributed by atoms with van der Waals surface area (Å²) >= 11 is 1.79. The lowest BCUT2D eigenvalue weighted by molar-refractivity contribution is 0.955. The number of nitrogens with zero attached hydrogens (tertiary/aromatic N) is 6. The van der Waals surface area contributed by atoms with E-state index in [4.69, 9.17) is 19.9 Å². The quantitative estimate of drug-likeness (QED) is 0.180. The second kappa shape index (κ2) is 11.8. The first-order chi connectivity index (χ1) is 26.3. The average Bonchev–Trinajstić information content (AvgIpc) is 3.92. The monoisotopic (exact) mass is 696 g/mol. The molecule has 0 aliphatic rings. The lowest BCUT2D eigenvalue weighted by Crippen LogP contribution is -2.06. The third-order valence-corrected chi connectivity index (χ3v) is 11.2. The molecule has 0 N–H and O–H groups in total. The van der Waals surface area contributed by atoms with Crippen LogP contribution in [0.4, 0.5) is 0 Å². The zero-order chi connectivity index (χ0) is 34.9. The first kappa shape index (κ1) is 29.7. The number of hydrogen-bond acceptors (Lipinski definition) is 5. The fourth-order valence-corrected chi connectivity index (χ4v) is 8.93. The Hall–Kier alpha value is -6.96. The maximum atomic E-state index is 5.41. The molecule has 6 nitrogen and oxygen atoms in total. The van der Waals surface area contributed by atoms with E-state index >= 15 is 0 Å². The molecule has 4 heterocycles. The number of para-hydroxylation sites is 2. The van der Waals surface area contributed by atoms with Crippen LogP contribution in [-0.2, 0) is 0 Å². The maximum absolute atomic E-state index is 5.41. The molecule has 4 aromatic heterocycles. The second-order valence-electron chi connectivity index (χ2n) is 13.1. The van der Waals surface area contributed by atoms with E-state index < -0.39 is 0 Å². The molecule has 53 heavy (non-hydrogen) atoms. The van der Waals surface area contributed by atoms with Gasteiger partial charge in [0.25, 0.3) is 0 Å². The summed E-state index contributed by atoms with van der Waals surface area (Å²) in [6.45, 7) is 0. The molecular weight excluding hydrogens is 669 g/mol. The Morgan fingerprint density at radius 3 is 1.60 bits per heavy atom. The van der Waals surface area contributed by atoms with Gasteiger partial charge in [-0.15, -0.1) is 11.3 Å². The Bertz CT molecular complexity index is 3090. The highest BCUT2D eigenvalue weighted by atomic mass is 32.1. The molecule has 0 saturated heterocycles. The van der Waals surface area contributed by atoms with Crippen LogP contribution in [0.25, 0.3) is 98.8 Å². The third-order valence-electron chi connectivity index (χ3n) is 10.00. The summed E-state index contributed by atoms with van der Waals surface area (Å²) in [5, 5.41) is 4.66. The Morgan fingerprint density at radius 1 is 0.377 bits per heavy atom. The lowest BCUT2D eigenvalue weighted by atomic mass is 10.1. The molecule has 7 heteroatoms. The zero-order valence-electron chi connectivity index (χ0n) is 28.3. The SMILES string of the molecule is c1ccc(-c2nc(-c3ccccc3)nc(-n3c4ccccc4c4ccc5c6ccc7c(nc(-c8ccccc8)n7-c7ccccc7)c6sc5c43)n2)cc1. The van der Waals surface area contributed by atoms with Crippen LogP contribution in [0.2, 0.25) is 0 Å². The van der Waals surface area contributed by atoms with Crippen LogP contribution in [0, 0.1) is 0 Å². The molecule has 0 atom stereocenters. The first-order valence-electron chi connectivity index (χ1n) is 17.6. The number of rotatable bonds is 5. The van der Waals surface area contributed by atoms with Crippen molar-refractivity contribution in [2.45, 2.75) is 0 Å². The Balaban J connectivity index is 1.24. The van der Waals surface area contributed by atoms with E-state index in [2.05, 4.69) is 112 Å². The average molecular weight is 697 g/mol. The molecule has 0 amide bonds. The number of thiophene rings is 1. The van der Waals surface area contributed by atoms with Gasteiger partial charge >= 0.3 is 0 Å². The standard InChI is InChI=1S/C46H28N6S/c1-5-15-29(16-6-1)43-48-44(30-17-7-2-8-18-30)50-46(49-43)52-37-24-14-13-23-33(37)34-25-26-36-35-27-28-38-39(41(35)53-42(36)40(34)52)47-45(31-19-9-3-10-20-31)51(38)32-21-11-4-12-22-32/h1-28H. The minimum absolute atomic E-state index is 0.582. The molecule has 0 aliphatic heterocycles. The van der Waals surface area contributed by atoms with Crippen LogP contribution in [0.15, 0.2) is 170 Å². The molecule has 0 radical (unpaired) electrons. The number of benzene rings is 7. The van der Waals surface area contributed by atoms with E-state index in [1.165, 1.54) is 15.5 Å². The van der Waals surface area contributed by atoms with Crippen molar-refractivity contribution in [3.8, 4) is 45.8 Å². The van der Waals surface area contributed by atoms with E-state index in [1.54, 1.807) is 11.3 Å². The molecule has 11 rings (SSSR count). The van der Waals surface area contributed by atoms with Crippen molar-refractivity contribution in [3.63, 3.8) is 0 Å². The minimum atomic E-state index is 0.582. The van der Waals surface area contributed by atoms with Crippen LogP contribution in [0.3, 0.4) is 0 Å². The highest BCUT2D eigenvalue weighted by molar-refractivity contribution is 7.27. The minimum Gasteiger partial charge on any atom is -0.292 e. The van der Waals surface area contributed by atoms with Crippen molar-refractivity contribution >= 4 is 64.3 Å². The molecule has 7 aromatic carbocycles. The van der Waals surface area contributed by atoms with E-state index in [-0.39, 0.29) is 0 Å². The number of imidazole rings is 1. The summed E-state index contributed by atoms with van der Waals surface area (Å²) in [4.78, 5) is 20.8. The fourth-order valence-electron chi connectivity index (χ4n) is 7.60. The van der Waals surface area contributed by atoms with E-state index in [1.807, 2.05) is 66.7 Å². The van der Waals surface area contributed by atoms with Crippen molar-refractivity contribution < 1.29 is 0 Å². The van der Waals surface area contributed by atoms with Crippen molar-refractivity contribution in [2.75, 3.05) is 0 Å². The van der Waals surface area contributed by atoms with Gasteiger partial charge in [-0.1, -0.05) is 146 Å². The van der Waals surface area contributed by atoms with Crippen molar-refractivity contribution in [3.05, 3.63) is 170 Å². The zero-order valence-corrected chi connectivity index (χ0v) is 29.1. The fraction of sp³-hybridized carbons (Fsp3) is 0. The van der Waals surface area contributed by atoms with Gasteiger partial charge in [-0.3, -0.25) is 9.13 Å². The predicted molar refractivity (Wildman–Crippen MR) is 218 cm³/mol. The van der Waals surface area contributed by atoms with Crippen molar-refractivity contribution in [1.82, 2.24) is 29.1 Å².